The standard InChI is InChI=1S/C17H18BrN5/c1-11-10-20-17(21-12-5-2-3-6-12)23-16(11)13(9-19)14-7-4-8-15(18)22-14/h4,7-8,10,12H,2-3,5-6H2,1H3,(H2,20,21,23). The molecule has 0 amide bonds. The number of nitriles is 1. The normalized spacial score (nSPS) is 22.1. The third-order valence-corrected chi connectivity index (χ3v) is 4.47. The number of hydrogen-bond acceptors (Lipinski definition) is 3. The second-order valence-electron chi connectivity index (χ2n) is 5.72. The highest BCUT2D eigenvalue weighted by Gasteiger charge is 2.20. The molecule has 3 rings (SSSR count). The van der Waals surface area contributed by atoms with Crippen LogP contribution in [0.3, 0.4) is 0 Å². The summed E-state index contributed by atoms with van der Waals surface area (Å²) < 4.78 is 0.707. The molecule has 0 saturated heterocycles. The Bertz CT molecular complexity index is 736. The van der Waals surface area contributed by atoms with Gasteiger partial charge in [-0.25, -0.2) is 9.98 Å². The maximum Gasteiger partial charge on any atom is 0.200 e. The molecule has 0 unspecified atom stereocenters. The van der Waals surface area contributed by atoms with Gasteiger partial charge in [0.1, 0.15) is 16.2 Å². The van der Waals surface area contributed by atoms with Gasteiger partial charge < -0.3 is 10.6 Å². The minimum atomic E-state index is 0.368. The van der Waals surface area contributed by atoms with Gasteiger partial charge in [-0.15, -0.1) is 0 Å². The molecule has 0 atom stereocenters. The van der Waals surface area contributed by atoms with Gasteiger partial charge in [0.25, 0.3) is 0 Å². The van der Waals surface area contributed by atoms with Crippen molar-refractivity contribution in [1.29, 1.82) is 5.26 Å². The fourth-order valence-electron chi connectivity index (χ4n) is 2.84. The largest absolute Gasteiger partial charge is 0.332 e. The highest BCUT2D eigenvalue weighted by Crippen LogP contribution is 2.24. The first-order chi connectivity index (χ1) is 11.2. The summed E-state index contributed by atoms with van der Waals surface area (Å²) in [5.41, 5.74) is 2.86. The lowest BCUT2D eigenvalue weighted by Gasteiger charge is -2.22. The van der Waals surface area contributed by atoms with E-state index in [0.717, 1.165) is 24.1 Å². The van der Waals surface area contributed by atoms with Crippen LogP contribution in [0.1, 0.15) is 38.3 Å². The Balaban J connectivity index is 1.96. The van der Waals surface area contributed by atoms with Crippen molar-refractivity contribution in [2.75, 3.05) is 0 Å². The van der Waals surface area contributed by atoms with Crippen molar-refractivity contribution < 1.29 is 0 Å². The third kappa shape index (κ3) is 3.62. The van der Waals surface area contributed by atoms with E-state index in [0.29, 0.717) is 27.9 Å². The molecule has 1 fully saturated rings. The van der Waals surface area contributed by atoms with Crippen LogP contribution >= 0.6 is 15.9 Å². The summed E-state index contributed by atoms with van der Waals surface area (Å²) in [4.78, 5) is 9.12. The van der Waals surface area contributed by atoms with Crippen LogP contribution in [0.25, 0.3) is 5.57 Å². The molecule has 0 spiro atoms. The van der Waals surface area contributed by atoms with E-state index in [4.69, 9.17) is 4.99 Å². The van der Waals surface area contributed by atoms with Crippen molar-refractivity contribution in [3.8, 4) is 6.07 Å². The van der Waals surface area contributed by atoms with Gasteiger partial charge in [-0.3, -0.25) is 0 Å². The predicted octanol–water partition coefficient (Wildman–Crippen LogP) is 3.47. The second kappa shape index (κ2) is 6.97. The van der Waals surface area contributed by atoms with E-state index in [1.165, 1.54) is 12.8 Å². The summed E-state index contributed by atoms with van der Waals surface area (Å²) >= 11 is 3.35. The Morgan fingerprint density at radius 2 is 2.17 bits per heavy atom. The van der Waals surface area contributed by atoms with Crippen molar-refractivity contribution in [1.82, 2.24) is 15.6 Å². The molecule has 1 saturated carbocycles. The van der Waals surface area contributed by atoms with E-state index in [1.54, 1.807) is 0 Å². The molecule has 118 valence electrons. The zero-order valence-electron chi connectivity index (χ0n) is 12.9. The molecular formula is C17H18BrN5. The van der Waals surface area contributed by atoms with Crippen molar-refractivity contribution >= 4 is 27.5 Å². The Morgan fingerprint density at radius 1 is 1.39 bits per heavy atom. The van der Waals surface area contributed by atoms with Crippen molar-refractivity contribution in [3.63, 3.8) is 0 Å². The molecular weight excluding hydrogens is 354 g/mol. The lowest BCUT2D eigenvalue weighted by atomic mass is 10.1. The first kappa shape index (κ1) is 15.8. The molecule has 2 aliphatic rings. The molecule has 0 bridgehead atoms. The number of pyridine rings is 1. The number of allylic oxidation sites excluding steroid dienone is 2. The lowest BCUT2D eigenvalue weighted by molar-refractivity contribution is 0.696. The molecule has 1 aromatic rings. The molecule has 1 aliphatic carbocycles. The highest BCUT2D eigenvalue weighted by atomic mass is 79.9. The summed E-state index contributed by atoms with van der Waals surface area (Å²) in [7, 11) is 0. The Labute approximate surface area is 144 Å². The number of nitrogens with one attached hydrogen (secondary N) is 2. The number of aliphatic imine (C=N–C) groups is 1. The van der Waals surface area contributed by atoms with Crippen LogP contribution < -0.4 is 10.6 Å². The van der Waals surface area contributed by atoms with E-state index < -0.39 is 0 Å². The summed E-state index contributed by atoms with van der Waals surface area (Å²) in [5, 5.41) is 16.1. The van der Waals surface area contributed by atoms with Crippen molar-refractivity contribution in [2.45, 2.75) is 38.6 Å². The molecule has 0 radical (unpaired) electrons. The molecule has 1 aromatic heterocycles. The number of nitrogens with zero attached hydrogens (tertiary/aromatic N) is 3. The summed E-state index contributed by atoms with van der Waals surface area (Å²) in [6, 6.07) is 8.19. The quantitative estimate of drug-likeness (QED) is 0.616. The lowest BCUT2D eigenvalue weighted by Crippen LogP contribution is -2.39. The van der Waals surface area contributed by atoms with E-state index in [2.05, 4.69) is 37.6 Å². The smallest absolute Gasteiger partial charge is 0.200 e. The van der Waals surface area contributed by atoms with Gasteiger partial charge in [0, 0.05) is 6.20 Å². The number of guanidine groups is 1. The van der Waals surface area contributed by atoms with E-state index in [1.807, 2.05) is 31.3 Å². The van der Waals surface area contributed by atoms with Crippen LogP contribution in [0.5, 0.6) is 0 Å². The maximum absolute atomic E-state index is 9.62. The van der Waals surface area contributed by atoms with E-state index in [9.17, 15) is 5.26 Å². The molecule has 5 nitrogen and oxygen atoms in total. The number of rotatable bonds is 2. The van der Waals surface area contributed by atoms with Crippen LogP contribution in [0.15, 0.2) is 45.3 Å². The molecule has 2 heterocycles. The van der Waals surface area contributed by atoms with Gasteiger partial charge in [-0.05, 0) is 53.4 Å². The predicted molar refractivity (Wildman–Crippen MR) is 94.2 cm³/mol. The minimum absolute atomic E-state index is 0.368. The molecule has 0 aromatic carbocycles. The Hall–Kier alpha value is -2.13. The number of halogens is 1. The fourth-order valence-corrected chi connectivity index (χ4v) is 3.18. The molecule has 1 aliphatic heterocycles. The fraction of sp³-hybridized carbons (Fsp3) is 0.353. The second-order valence-corrected chi connectivity index (χ2v) is 6.53. The van der Waals surface area contributed by atoms with Gasteiger partial charge in [0.15, 0.2) is 5.96 Å². The van der Waals surface area contributed by atoms with Crippen molar-refractivity contribution in [2.24, 2.45) is 4.99 Å². The number of aromatic nitrogens is 1. The summed E-state index contributed by atoms with van der Waals surface area (Å²) in [6.07, 6.45) is 6.63. The average molecular weight is 372 g/mol. The molecule has 6 heteroatoms. The van der Waals surface area contributed by atoms with Crippen LogP contribution in [-0.4, -0.2) is 17.0 Å². The van der Waals surface area contributed by atoms with Crippen LogP contribution in [0.2, 0.25) is 0 Å². The van der Waals surface area contributed by atoms with Gasteiger partial charge >= 0.3 is 0 Å². The van der Waals surface area contributed by atoms with Gasteiger partial charge in [0.2, 0.25) is 0 Å². The van der Waals surface area contributed by atoms with Crippen LogP contribution in [-0.2, 0) is 0 Å². The van der Waals surface area contributed by atoms with Crippen LogP contribution in [0, 0.1) is 11.3 Å². The van der Waals surface area contributed by atoms with Gasteiger partial charge in [-0.1, -0.05) is 18.9 Å². The van der Waals surface area contributed by atoms with Crippen molar-refractivity contribution in [3.05, 3.63) is 46.0 Å². The minimum Gasteiger partial charge on any atom is -0.332 e. The van der Waals surface area contributed by atoms with Gasteiger partial charge in [-0.2, -0.15) is 5.26 Å². The Kier molecular flexibility index (Phi) is 4.77. The summed E-state index contributed by atoms with van der Waals surface area (Å²) in [5.74, 6) is 0.709. The molecule has 2 N–H and O–H groups in total. The average Bonchev–Trinajstić information content (AvgIpc) is 3.04. The SMILES string of the molecule is CC1=CNC(=NC2CCCC2)NC1=C(C#N)c1cccc(Br)n1. The highest BCUT2D eigenvalue weighted by molar-refractivity contribution is 9.10. The number of hydrogen-bond donors (Lipinski definition) is 2. The molecule has 23 heavy (non-hydrogen) atoms. The monoisotopic (exact) mass is 371 g/mol. The first-order valence-corrected chi connectivity index (χ1v) is 8.52. The van der Waals surface area contributed by atoms with E-state index in [-0.39, 0.29) is 0 Å². The van der Waals surface area contributed by atoms with Crippen LogP contribution in [0.4, 0.5) is 0 Å². The zero-order valence-corrected chi connectivity index (χ0v) is 14.5. The third-order valence-electron chi connectivity index (χ3n) is 4.03. The topological polar surface area (TPSA) is 73.1 Å². The van der Waals surface area contributed by atoms with E-state index >= 15 is 0 Å². The van der Waals surface area contributed by atoms with Gasteiger partial charge in [0.05, 0.1) is 17.4 Å². The first-order valence-electron chi connectivity index (χ1n) is 7.73. The zero-order chi connectivity index (χ0) is 16.2. The summed E-state index contributed by atoms with van der Waals surface area (Å²) in [6.45, 7) is 1.96. The maximum atomic E-state index is 9.62. The Morgan fingerprint density at radius 3 is 2.87 bits per heavy atom.